The molecule has 0 unspecified atom stereocenters. The summed E-state index contributed by atoms with van der Waals surface area (Å²) in [6.45, 7) is 2.63. The number of nitrogens with zero attached hydrogens (tertiary/aromatic N) is 4. The lowest BCUT2D eigenvalue weighted by atomic mass is 10.2. The minimum atomic E-state index is -0.311. The second-order valence-corrected chi connectivity index (χ2v) is 6.52. The zero-order valence-electron chi connectivity index (χ0n) is 15.1. The van der Waals surface area contributed by atoms with E-state index < -0.39 is 0 Å². The molecule has 0 atom stereocenters. The number of halogens is 2. The van der Waals surface area contributed by atoms with Crippen molar-refractivity contribution in [2.45, 2.75) is 0 Å². The van der Waals surface area contributed by atoms with Crippen molar-refractivity contribution in [2.24, 2.45) is 0 Å². The minimum absolute atomic E-state index is 0.219. The molecule has 8 heteroatoms. The van der Waals surface area contributed by atoms with E-state index in [9.17, 15) is 8.78 Å². The molecule has 1 aliphatic heterocycles. The van der Waals surface area contributed by atoms with E-state index in [1.54, 1.807) is 24.3 Å². The van der Waals surface area contributed by atoms with Crippen LogP contribution in [0.4, 0.5) is 37.5 Å². The molecule has 1 aromatic heterocycles. The van der Waals surface area contributed by atoms with Crippen LogP contribution in [0.5, 0.6) is 0 Å². The van der Waals surface area contributed by atoms with E-state index in [0.717, 1.165) is 0 Å². The SMILES string of the molecule is Nc1c(Nc2ccc(F)cc2)ncnc1N1CCN(c2ccccc2F)CC1. The standard InChI is InChI=1S/C20H20F2N6/c21-14-5-7-15(8-6-14)26-19-18(23)20(25-13-24-19)28-11-9-27(10-12-28)17-4-2-1-3-16(17)22/h1-8,13H,9-12,23H2,(H,24,25,26). The van der Waals surface area contributed by atoms with Crippen molar-refractivity contribution in [1.82, 2.24) is 9.97 Å². The van der Waals surface area contributed by atoms with Crippen molar-refractivity contribution in [3.8, 4) is 0 Å². The molecule has 0 bridgehead atoms. The van der Waals surface area contributed by atoms with E-state index in [-0.39, 0.29) is 11.6 Å². The third kappa shape index (κ3) is 3.66. The molecule has 0 radical (unpaired) electrons. The molecule has 1 fully saturated rings. The average molecular weight is 382 g/mol. The first-order valence-electron chi connectivity index (χ1n) is 8.99. The Bertz CT molecular complexity index is 955. The minimum Gasteiger partial charge on any atom is -0.393 e. The van der Waals surface area contributed by atoms with Crippen molar-refractivity contribution in [3.05, 3.63) is 66.5 Å². The van der Waals surface area contributed by atoms with Gasteiger partial charge in [0.2, 0.25) is 0 Å². The number of aromatic nitrogens is 2. The Labute approximate surface area is 161 Å². The van der Waals surface area contributed by atoms with Gasteiger partial charge in [-0.25, -0.2) is 18.7 Å². The maximum Gasteiger partial charge on any atom is 0.159 e. The molecule has 3 N–H and O–H groups in total. The molecule has 28 heavy (non-hydrogen) atoms. The molecule has 2 heterocycles. The van der Waals surface area contributed by atoms with Gasteiger partial charge in [-0.1, -0.05) is 12.1 Å². The van der Waals surface area contributed by atoms with E-state index >= 15 is 0 Å². The fourth-order valence-electron chi connectivity index (χ4n) is 3.28. The zero-order valence-corrected chi connectivity index (χ0v) is 15.1. The molecular formula is C20H20F2N6. The molecule has 4 rings (SSSR count). The lowest BCUT2D eigenvalue weighted by molar-refractivity contribution is 0.596. The third-order valence-electron chi connectivity index (χ3n) is 4.74. The Hall–Kier alpha value is -3.42. The van der Waals surface area contributed by atoms with Crippen LogP contribution in [0.2, 0.25) is 0 Å². The predicted molar refractivity (Wildman–Crippen MR) is 107 cm³/mol. The van der Waals surface area contributed by atoms with Crippen molar-refractivity contribution >= 4 is 28.7 Å². The number of hydrogen-bond acceptors (Lipinski definition) is 6. The summed E-state index contributed by atoms with van der Waals surface area (Å²) < 4.78 is 27.1. The Morgan fingerprint density at radius 3 is 2.25 bits per heavy atom. The molecule has 0 spiro atoms. The molecule has 0 saturated carbocycles. The van der Waals surface area contributed by atoms with Crippen LogP contribution in [0, 0.1) is 11.6 Å². The van der Waals surface area contributed by atoms with Crippen LogP contribution in [-0.4, -0.2) is 36.1 Å². The van der Waals surface area contributed by atoms with E-state index in [1.807, 2.05) is 11.0 Å². The summed E-state index contributed by atoms with van der Waals surface area (Å²) in [6.07, 6.45) is 1.45. The molecule has 0 amide bonds. The van der Waals surface area contributed by atoms with Crippen LogP contribution in [0.15, 0.2) is 54.9 Å². The van der Waals surface area contributed by atoms with E-state index in [2.05, 4.69) is 20.2 Å². The maximum absolute atomic E-state index is 14.0. The summed E-state index contributed by atoms with van der Waals surface area (Å²) in [5.41, 5.74) is 8.00. The van der Waals surface area contributed by atoms with Crippen LogP contribution in [0.25, 0.3) is 0 Å². The Morgan fingerprint density at radius 1 is 0.857 bits per heavy atom. The summed E-state index contributed by atoms with van der Waals surface area (Å²) in [6, 6.07) is 12.7. The van der Waals surface area contributed by atoms with Gasteiger partial charge in [0.05, 0.1) is 5.69 Å². The van der Waals surface area contributed by atoms with Crippen LogP contribution < -0.4 is 20.9 Å². The molecule has 1 aliphatic rings. The van der Waals surface area contributed by atoms with Gasteiger partial charge >= 0.3 is 0 Å². The summed E-state index contributed by atoms with van der Waals surface area (Å²) >= 11 is 0. The summed E-state index contributed by atoms with van der Waals surface area (Å²) in [7, 11) is 0. The highest BCUT2D eigenvalue weighted by molar-refractivity contribution is 5.78. The van der Waals surface area contributed by atoms with Gasteiger partial charge in [0, 0.05) is 31.9 Å². The number of piperazine rings is 1. The summed E-state index contributed by atoms with van der Waals surface area (Å²) in [4.78, 5) is 12.6. The van der Waals surface area contributed by atoms with Gasteiger partial charge < -0.3 is 20.9 Å². The predicted octanol–water partition coefficient (Wildman–Crippen LogP) is 3.41. The van der Waals surface area contributed by atoms with Gasteiger partial charge in [-0.3, -0.25) is 0 Å². The summed E-state index contributed by atoms with van der Waals surface area (Å²) in [5.74, 6) is 0.568. The highest BCUT2D eigenvalue weighted by atomic mass is 19.1. The molecule has 3 aromatic rings. The number of hydrogen-bond donors (Lipinski definition) is 2. The molecule has 2 aromatic carbocycles. The highest BCUT2D eigenvalue weighted by Crippen LogP contribution is 2.30. The zero-order chi connectivity index (χ0) is 19.5. The lowest BCUT2D eigenvalue weighted by Gasteiger charge is -2.37. The van der Waals surface area contributed by atoms with Crippen molar-refractivity contribution in [1.29, 1.82) is 0 Å². The molecule has 0 aliphatic carbocycles. The van der Waals surface area contributed by atoms with Gasteiger partial charge in [0.25, 0.3) is 0 Å². The number of nitrogens with one attached hydrogen (secondary N) is 1. The highest BCUT2D eigenvalue weighted by Gasteiger charge is 2.22. The fraction of sp³-hybridized carbons (Fsp3) is 0.200. The maximum atomic E-state index is 14.0. The normalized spacial score (nSPS) is 14.2. The lowest BCUT2D eigenvalue weighted by Crippen LogP contribution is -2.47. The number of benzene rings is 2. The van der Waals surface area contributed by atoms with Crippen molar-refractivity contribution < 1.29 is 8.78 Å². The first kappa shape index (κ1) is 18.0. The van der Waals surface area contributed by atoms with Crippen LogP contribution in [0.3, 0.4) is 0 Å². The molecule has 6 nitrogen and oxygen atoms in total. The molecular weight excluding hydrogens is 362 g/mol. The fourth-order valence-corrected chi connectivity index (χ4v) is 3.28. The van der Waals surface area contributed by atoms with Crippen LogP contribution in [0.1, 0.15) is 0 Å². The number of nitrogens with two attached hydrogens (primary N) is 1. The Morgan fingerprint density at radius 2 is 1.54 bits per heavy atom. The van der Waals surface area contributed by atoms with Gasteiger partial charge in [-0.2, -0.15) is 0 Å². The van der Waals surface area contributed by atoms with Crippen molar-refractivity contribution in [2.75, 3.05) is 47.0 Å². The molecule has 1 saturated heterocycles. The number of rotatable bonds is 4. The van der Waals surface area contributed by atoms with Crippen LogP contribution >= 0.6 is 0 Å². The average Bonchev–Trinajstić information content (AvgIpc) is 2.72. The van der Waals surface area contributed by atoms with Gasteiger partial charge in [0.1, 0.15) is 23.6 Å². The smallest absolute Gasteiger partial charge is 0.159 e. The third-order valence-corrected chi connectivity index (χ3v) is 4.74. The first-order valence-corrected chi connectivity index (χ1v) is 8.99. The largest absolute Gasteiger partial charge is 0.393 e. The van der Waals surface area contributed by atoms with E-state index in [1.165, 1.54) is 24.5 Å². The van der Waals surface area contributed by atoms with Crippen molar-refractivity contribution in [3.63, 3.8) is 0 Å². The monoisotopic (exact) mass is 382 g/mol. The topological polar surface area (TPSA) is 70.3 Å². The van der Waals surface area contributed by atoms with E-state index in [4.69, 9.17) is 5.73 Å². The first-order chi connectivity index (χ1) is 13.6. The second-order valence-electron chi connectivity index (χ2n) is 6.52. The Kier molecular flexibility index (Phi) is 4.92. The number of para-hydroxylation sites is 1. The number of nitrogen functional groups attached to an aromatic ring is 1. The number of anilines is 5. The quantitative estimate of drug-likeness (QED) is 0.721. The molecule has 144 valence electrons. The van der Waals surface area contributed by atoms with Gasteiger partial charge in [0.15, 0.2) is 11.6 Å². The van der Waals surface area contributed by atoms with Gasteiger partial charge in [-0.15, -0.1) is 0 Å². The summed E-state index contributed by atoms with van der Waals surface area (Å²) in [5, 5.41) is 3.09. The van der Waals surface area contributed by atoms with E-state index in [0.29, 0.717) is 54.9 Å². The van der Waals surface area contributed by atoms with Gasteiger partial charge in [-0.05, 0) is 36.4 Å². The Balaban J connectivity index is 1.48. The second kappa shape index (κ2) is 7.67. The van der Waals surface area contributed by atoms with Crippen LogP contribution in [-0.2, 0) is 0 Å².